The predicted molar refractivity (Wildman–Crippen MR) is 80.5 cm³/mol. The van der Waals surface area contributed by atoms with Crippen LogP contribution in [0.15, 0.2) is 18.2 Å². The first-order valence-corrected chi connectivity index (χ1v) is 7.54. The Kier molecular flexibility index (Phi) is 4.03. The monoisotopic (exact) mass is 273 g/mol. The van der Waals surface area contributed by atoms with E-state index in [2.05, 4.69) is 29.8 Å². The number of rotatable bonds is 4. The highest BCUT2D eigenvalue weighted by molar-refractivity contribution is 5.76. The van der Waals surface area contributed by atoms with Crippen molar-refractivity contribution in [1.82, 2.24) is 9.55 Å². The summed E-state index contributed by atoms with van der Waals surface area (Å²) in [6.45, 7) is 1.49. The number of aryl methyl sites for hydroxylation is 2. The molecule has 20 heavy (non-hydrogen) atoms. The third-order valence-corrected chi connectivity index (χ3v) is 4.24. The molecule has 0 bridgehead atoms. The van der Waals surface area contributed by atoms with Crippen LogP contribution >= 0.6 is 0 Å². The predicted octanol–water partition coefficient (Wildman–Crippen LogP) is 2.53. The molecule has 2 N–H and O–H groups in total. The molecule has 0 aliphatic carbocycles. The van der Waals surface area contributed by atoms with Gasteiger partial charge in [-0.25, -0.2) is 4.98 Å². The molecular weight excluding hydrogens is 250 g/mol. The fourth-order valence-electron chi connectivity index (χ4n) is 2.97. The van der Waals surface area contributed by atoms with E-state index >= 15 is 0 Å². The average molecular weight is 273 g/mol. The molecule has 2 aromatic rings. The Morgan fingerprint density at radius 3 is 3.05 bits per heavy atom. The molecule has 1 atom stereocenters. The number of nitrogens with two attached hydrogens (primary N) is 1. The van der Waals surface area contributed by atoms with E-state index in [1.54, 1.807) is 0 Å². The summed E-state index contributed by atoms with van der Waals surface area (Å²) in [6, 6.07) is 6.29. The molecule has 2 heterocycles. The van der Waals surface area contributed by atoms with Crippen LogP contribution in [-0.4, -0.2) is 22.3 Å². The van der Waals surface area contributed by atoms with Crippen LogP contribution in [0.2, 0.25) is 0 Å². The molecule has 3 rings (SSSR count). The van der Waals surface area contributed by atoms with E-state index in [0.29, 0.717) is 12.6 Å². The third-order valence-electron chi connectivity index (χ3n) is 4.24. The lowest BCUT2D eigenvalue weighted by molar-refractivity contribution is 0.0111. The smallest absolute Gasteiger partial charge is 0.109 e. The number of aromatic nitrogens is 2. The minimum atomic E-state index is 0.420. The summed E-state index contributed by atoms with van der Waals surface area (Å²) < 4.78 is 7.99. The highest BCUT2D eigenvalue weighted by Crippen LogP contribution is 2.21. The standard InChI is InChI=1S/C16H23N3O/c1-19-15-7-5-12(11-17)10-14(15)18-16(19)8-6-13-4-2-3-9-20-13/h5,7,10,13H,2-4,6,8-9,11,17H2,1H3. The molecule has 1 aromatic carbocycles. The van der Waals surface area contributed by atoms with E-state index in [4.69, 9.17) is 15.5 Å². The van der Waals surface area contributed by atoms with E-state index in [1.165, 1.54) is 24.8 Å². The molecule has 1 aliphatic rings. The van der Waals surface area contributed by atoms with Gasteiger partial charge in [-0.2, -0.15) is 0 Å². The molecule has 1 aromatic heterocycles. The highest BCUT2D eigenvalue weighted by Gasteiger charge is 2.15. The van der Waals surface area contributed by atoms with E-state index < -0.39 is 0 Å². The first-order valence-electron chi connectivity index (χ1n) is 7.54. The Balaban J connectivity index is 1.75. The van der Waals surface area contributed by atoms with Gasteiger partial charge >= 0.3 is 0 Å². The van der Waals surface area contributed by atoms with Gasteiger partial charge in [-0.15, -0.1) is 0 Å². The van der Waals surface area contributed by atoms with Crippen molar-refractivity contribution in [3.8, 4) is 0 Å². The number of imidazole rings is 1. The van der Waals surface area contributed by atoms with E-state index in [1.807, 2.05) is 0 Å². The molecule has 0 amide bonds. The van der Waals surface area contributed by atoms with Gasteiger partial charge in [-0.3, -0.25) is 0 Å². The fraction of sp³-hybridized carbons (Fsp3) is 0.562. The van der Waals surface area contributed by atoms with Crippen molar-refractivity contribution in [2.75, 3.05) is 6.61 Å². The van der Waals surface area contributed by atoms with Gasteiger partial charge in [0.2, 0.25) is 0 Å². The summed E-state index contributed by atoms with van der Waals surface area (Å²) in [7, 11) is 2.09. The molecule has 108 valence electrons. The first kappa shape index (κ1) is 13.6. The van der Waals surface area contributed by atoms with Crippen molar-refractivity contribution < 1.29 is 4.74 Å². The second-order valence-electron chi connectivity index (χ2n) is 5.64. The lowest BCUT2D eigenvalue weighted by Crippen LogP contribution is -2.20. The molecule has 0 radical (unpaired) electrons. The second kappa shape index (κ2) is 5.94. The molecule has 1 aliphatic heterocycles. The summed E-state index contributed by atoms with van der Waals surface area (Å²) in [5.74, 6) is 1.14. The SMILES string of the molecule is Cn1c(CCC2CCCCO2)nc2cc(CN)ccc21. The Bertz CT molecular complexity index is 585. The van der Waals surface area contributed by atoms with E-state index in [0.717, 1.165) is 36.4 Å². The maximum absolute atomic E-state index is 5.80. The van der Waals surface area contributed by atoms with Gasteiger partial charge in [0.25, 0.3) is 0 Å². The van der Waals surface area contributed by atoms with Crippen LogP contribution in [-0.2, 0) is 24.8 Å². The van der Waals surface area contributed by atoms with Crippen molar-refractivity contribution in [2.24, 2.45) is 12.8 Å². The van der Waals surface area contributed by atoms with Crippen LogP contribution < -0.4 is 5.73 Å². The molecule has 0 spiro atoms. The zero-order chi connectivity index (χ0) is 13.9. The minimum absolute atomic E-state index is 0.420. The van der Waals surface area contributed by atoms with Gasteiger partial charge in [0.15, 0.2) is 0 Å². The number of benzene rings is 1. The zero-order valence-electron chi connectivity index (χ0n) is 12.1. The largest absolute Gasteiger partial charge is 0.378 e. The topological polar surface area (TPSA) is 53.1 Å². The maximum Gasteiger partial charge on any atom is 0.109 e. The van der Waals surface area contributed by atoms with Crippen molar-refractivity contribution in [1.29, 1.82) is 0 Å². The second-order valence-corrected chi connectivity index (χ2v) is 5.64. The quantitative estimate of drug-likeness (QED) is 0.931. The molecule has 1 unspecified atom stereocenters. The van der Waals surface area contributed by atoms with Crippen LogP contribution in [0.3, 0.4) is 0 Å². The molecule has 4 nitrogen and oxygen atoms in total. The van der Waals surface area contributed by atoms with E-state index in [9.17, 15) is 0 Å². The van der Waals surface area contributed by atoms with Crippen molar-refractivity contribution in [3.63, 3.8) is 0 Å². The minimum Gasteiger partial charge on any atom is -0.378 e. The van der Waals surface area contributed by atoms with Gasteiger partial charge in [0.1, 0.15) is 5.82 Å². The number of nitrogens with zero attached hydrogens (tertiary/aromatic N) is 2. The highest BCUT2D eigenvalue weighted by atomic mass is 16.5. The van der Waals surface area contributed by atoms with E-state index in [-0.39, 0.29) is 0 Å². The number of hydrogen-bond donors (Lipinski definition) is 1. The lowest BCUT2D eigenvalue weighted by Gasteiger charge is -2.22. The summed E-state index contributed by atoms with van der Waals surface area (Å²) >= 11 is 0. The van der Waals surface area contributed by atoms with Gasteiger partial charge in [0.05, 0.1) is 17.1 Å². The zero-order valence-corrected chi connectivity index (χ0v) is 12.1. The molecule has 4 heteroatoms. The average Bonchev–Trinajstić information content (AvgIpc) is 2.82. The fourth-order valence-corrected chi connectivity index (χ4v) is 2.97. The van der Waals surface area contributed by atoms with Crippen LogP contribution in [0.1, 0.15) is 37.1 Å². The summed E-state index contributed by atoms with van der Waals surface area (Å²) in [5, 5.41) is 0. The normalized spacial score (nSPS) is 19.6. The first-order chi connectivity index (χ1) is 9.78. The summed E-state index contributed by atoms with van der Waals surface area (Å²) in [6.07, 6.45) is 6.18. The Morgan fingerprint density at radius 2 is 2.30 bits per heavy atom. The van der Waals surface area contributed by atoms with Crippen molar-refractivity contribution in [3.05, 3.63) is 29.6 Å². The third kappa shape index (κ3) is 2.72. The van der Waals surface area contributed by atoms with Gasteiger partial charge in [-0.05, 0) is 43.4 Å². The van der Waals surface area contributed by atoms with Crippen molar-refractivity contribution in [2.45, 2.75) is 44.8 Å². The van der Waals surface area contributed by atoms with Crippen LogP contribution in [0.5, 0.6) is 0 Å². The van der Waals surface area contributed by atoms with Crippen LogP contribution in [0, 0.1) is 0 Å². The van der Waals surface area contributed by atoms with Gasteiger partial charge in [0, 0.05) is 26.6 Å². The van der Waals surface area contributed by atoms with Crippen molar-refractivity contribution >= 4 is 11.0 Å². The number of hydrogen-bond acceptors (Lipinski definition) is 3. The Hall–Kier alpha value is -1.39. The number of ether oxygens (including phenoxy) is 1. The maximum atomic E-state index is 5.80. The molecule has 1 fully saturated rings. The summed E-state index contributed by atoms with van der Waals surface area (Å²) in [5.41, 5.74) is 9.06. The molecule has 0 saturated carbocycles. The Labute approximate surface area is 119 Å². The van der Waals surface area contributed by atoms with Gasteiger partial charge in [-0.1, -0.05) is 6.07 Å². The number of fused-ring (bicyclic) bond motifs is 1. The van der Waals surface area contributed by atoms with Crippen LogP contribution in [0.4, 0.5) is 0 Å². The molecular formula is C16H23N3O. The molecule has 1 saturated heterocycles. The summed E-state index contributed by atoms with van der Waals surface area (Å²) in [4.78, 5) is 4.76. The van der Waals surface area contributed by atoms with Crippen LogP contribution in [0.25, 0.3) is 11.0 Å². The lowest BCUT2D eigenvalue weighted by atomic mass is 10.0. The van der Waals surface area contributed by atoms with Gasteiger partial charge < -0.3 is 15.0 Å². The Morgan fingerprint density at radius 1 is 1.40 bits per heavy atom.